The van der Waals surface area contributed by atoms with Gasteiger partial charge in [0, 0.05) is 37.1 Å². The molecule has 2 amide bonds. The smallest absolute Gasteiger partial charge is 0.321 e. The van der Waals surface area contributed by atoms with Gasteiger partial charge >= 0.3 is 6.03 Å². The predicted octanol–water partition coefficient (Wildman–Crippen LogP) is 1.58. The van der Waals surface area contributed by atoms with E-state index in [0.717, 1.165) is 25.3 Å². The molecular weight excluding hydrogens is 240 g/mol. The number of nitrogen functional groups attached to an aromatic ring is 1. The number of nitrogens with two attached hydrogens (primary N) is 1. The van der Waals surface area contributed by atoms with Gasteiger partial charge < -0.3 is 16.0 Å². The van der Waals surface area contributed by atoms with E-state index in [2.05, 4.69) is 10.2 Å². The first-order valence-corrected chi connectivity index (χ1v) is 6.88. The summed E-state index contributed by atoms with van der Waals surface area (Å²) in [5, 5.41) is 2.93. The van der Waals surface area contributed by atoms with Crippen molar-refractivity contribution in [1.29, 1.82) is 0 Å². The lowest BCUT2D eigenvalue weighted by atomic mass is 10.1. The van der Waals surface area contributed by atoms with Gasteiger partial charge in [0.1, 0.15) is 0 Å². The molecule has 2 saturated heterocycles. The highest BCUT2D eigenvalue weighted by Gasteiger charge is 2.32. The lowest BCUT2D eigenvalue weighted by Crippen LogP contribution is -2.53. The van der Waals surface area contributed by atoms with Crippen molar-refractivity contribution < 1.29 is 4.79 Å². The number of benzene rings is 1. The standard InChI is InChI=1S/C14H20N4O/c15-11-3-5-12(6-4-11)16-14(19)18-9-8-17-7-1-2-13(17)10-18/h3-6,13H,1-2,7-10,15H2,(H,16,19). The number of anilines is 2. The summed E-state index contributed by atoms with van der Waals surface area (Å²) in [5.41, 5.74) is 7.14. The molecule has 2 aliphatic rings. The van der Waals surface area contributed by atoms with Crippen molar-refractivity contribution in [3.8, 4) is 0 Å². The minimum atomic E-state index is -0.00341. The number of carbonyl (C=O) groups is 1. The Morgan fingerprint density at radius 3 is 2.79 bits per heavy atom. The molecule has 0 saturated carbocycles. The second-order valence-electron chi connectivity index (χ2n) is 5.33. The van der Waals surface area contributed by atoms with Gasteiger partial charge in [0.25, 0.3) is 0 Å². The van der Waals surface area contributed by atoms with E-state index in [9.17, 15) is 4.79 Å². The maximum Gasteiger partial charge on any atom is 0.321 e. The average molecular weight is 260 g/mol. The predicted molar refractivity (Wildman–Crippen MR) is 76.0 cm³/mol. The molecule has 1 unspecified atom stereocenters. The van der Waals surface area contributed by atoms with Crippen LogP contribution in [-0.2, 0) is 0 Å². The van der Waals surface area contributed by atoms with Crippen LogP contribution in [0, 0.1) is 0 Å². The highest BCUT2D eigenvalue weighted by molar-refractivity contribution is 5.89. The van der Waals surface area contributed by atoms with Crippen molar-refractivity contribution in [3.05, 3.63) is 24.3 Å². The molecule has 1 aromatic rings. The summed E-state index contributed by atoms with van der Waals surface area (Å²) in [6.45, 7) is 3.86. The van der Waals surface area contributed by atoms with Crippen LogP contribution in [0.4, 0.5) is 16.2 Å². The van der Waals surface area contributed by atoms with Crippen LogP contribution < -0.4 is 11.1 Å². The topological polar surface area (TPSA) is 61.6 Å². The number of urea groups is 1. The summed E-state index contributed by atoms with van der Waals surface area (Å²) in [5.74, 6) is 0. The number of piperazine rings is 1. The van der Waals surface area contributed by atoms with E-state index in [0.29, 0.717) is 11.7 Å². The van der Waals surface area contributed by atoms with Gasteiger partial charge in [0.05, 0.1) is 0 Å². The second-order valence-corrected chi connectivity index (χ2v) is 5.33. The highest BCUT2D eigenvalue weighted by atomic mass is 16.2. The molecule has 102 valence electrons. The van der Waals surface area contributed by atoms with Crippen LogP contribution in [0.3, 0.4) is 0 Å². The molecule has 0 radical (unpaired) electrons. The first-order chi connectivity index (χ1) is 9.22. The third kappa shape index (κ3) is 2.66. The average Bonchev–Trinajstić information content (AvgIpc) is 2.88. The number of rotatable bonds is 1. The largest absolute Gasteiger partial charge is 0.399 e. The summed E-state index contributed by atoms with van der Waals surface area (Å²) >= 11 is 0. The fourth-order valence-corrected chi connectivity index (χ4v) is 2.94. The Hall–Kier alpha value is -1.75. The van der Waals surface area contributed by atoms with E-state index in [1.807, 2.05) is 17.0 Å². The molecule has 0 spiro atoms. The molecule has 3 rings (SSSR count). The van der Waals surface area contributed by atoms with Crippen molar-refractivity contribution in [1.82, 2.24) is 9.80 Å². The zero-order valence-corrected chi connectivity index (χ0v) is 11.0. The van der Waals surface area contributed by atoms with E-state index in [1.54, 1.807) is 12.1 Å². The van der Waals surface area contributed by atoms with Gasteiger partial charge in [-0.1, -0.05) is 0 Å². The van der Waals surface area contributed by atoms with E-state index in [-0.39, 0.29) is 6.03 Å². The molecule has 0 aliphatic carbocycles. The van der Waals surface area contributed by atoms with Crippen LogP contribution in [-0.4, -0.2) is 48.1 Å². The lowest BCUT2D eigenvalue weighted by molar-refractivity contribution is 0.124. The summed E-state index contributed by atoms with van der Waals surface area (Å²) in [6.07, 6.45) is 2.48. The van der Waals surface area contributed by atoms with Gasteiger partial charge in [-0.25, -0.2) is 4.79 Å². The zero-order valence-electron chi connectivity index (χ0n) is 11.0. The molecule has 2 fully saturated rings. The van der Waals surface area contributed by atoms with E-state index in [1.165, 1.54) is 19.4 Å². The molecule has 3 N–H and O–H groups in total. The maximum atomic E-state index is 12.2. The number of nitrogens with one attached hydrogen (secondary N) is 1. The Balaban J connectivity index is 1.59. The van der Waals surface area contributed by atoms with Crippen LogP contribution >= 0.6 is 0 Å². The van der Waals surface area contributed by atoms with Crippen molar-refractivity contribution in [2.45, 2.75) is 18.9 Å². The first kappa shape index (κ1) is 12.3. The number of hydrogen-bond acceptors (Lipinski definition) is 3. The second kappa shape index (κ2) is 5.09. The summed E-state index contributed by atoms with van der Waals surface area (Å²) in [4.78, 5) is 16.6. The van der Waals surface area contributed by atoms with Crippen molar-refractivity contribution >= 4 is 17.4 Å². The number of hydrogen-bond donors (Lipinski definition) is 2. The summed E-state index contributed by atoms with van der Waals surface area (Å²) < 4.78 is 0. The Morgan fingerprint density at radius 2 is 2.00 bits per heavy atom. The molecule has 0 aromatic heterocycles. The molecule has 1 aromatic carbocycles. The van der Waals surface area contributed by atoms with Gasteiger partial charge in [0.2, 0.25) is 0 Å². The van der Waals surface area contributed by atoms with Gasteiger partial charge in [-0.15, -0.1) is 0 Å². The van der Waals surface area contributed by atoms with E-state index < -0.39 is 0 Å². The number of amides is 2. The number of fused-ring (bicyclic) bond motifs is 1. The van der Waals surface area contributed by atoms with Crippen molar-refractivity contribution in [3.63, 3.8) is 0 Å². The fourth-order valence-electron chi connectivity index (χ4n) is 2.94. The maximum absolute atomic E-state index is 12.2. The molecule has 5 nitrogen and oxygen atoms in total. The number of nitrogens with zero attached hydrogens (tertiary/aromatic N) is 2. The first-order valence-electron chi connectivity index (χ1n) is 6.88. The van der Waals surface area contributed by atoms with Gasteiger partial charge in [-0.3, -0.25) is 4.90 Å². The zero-order chi connectivity index (χ0) is 13.2. The highest BCUT2D eigenvalue weighted by Crippen LogP contribution is 2.22. The Morgan fingerprint density at radius 1 is 1.21 bits per heavy atom. The molecular formula is C14H20N4O. The van der Waals surface area contributed by atoms with Crippen LogP contribution in [0.1, 0.15) is 12.8 Å². The molecule has 5 heteroatoms. The summed E-state index contributed by atoms with van der Waals surface area (Å²) in [6, 6.07) is 7.81. The van der Waals surface area contributed by atoms with Crippen LogP contribution in [0.15, 0.2) is 24.3 Å². The lowest BCUT2D eigenvalue weighted by Gasteiger charge is -2.37. The molecule has 0 bridgehead atoms. The molecule has 19 heavy (non-hydrogen) atoms. The molecule has 2 aliphatic heterocycles. The fraction of sp³-hybridized carbons (Fsp3) is 0.500. The van der Waals surface area contributed by atoms with E-state index in [4.69, 9.17) is 5.73 Å². The SMILES string of the molecule is Nc1ccc(NC(=O)N2CCN3CCCC3C2)cc1. The van der Waals surface area contributed by atoms with Crippen LogP contribution in [0.5, 0.6) is 0 Å². The Bertz CT molecular complexity index is 459. The van der Waals surface area contributed by atoms with Gasteiger partial charge in [-0.2, -0.15) is 0 Å². The normalized spacial score (nSPS) is 23.2. The third-order valence-electron chi connectivity index (χ3n) is 4.04. The van der Waals surface area contributed by atoms with Crippen molar-refractivity contribution in [2.75, 3.05) is 37.2 Å². The monoisotopic (exact) mass is 260 g/mol. The van der Waals surface area contributed by atoms with Gasteiger partial charge in [0.15, 0.2) is 0 Å². The van der Waals surface area contributed by atoms with E-state index >= 15 is 0 Å². The number of carbonyl (C=O) groups excluding carboxylic acids is 1. The molecule has 2 heterocycles. The van der Waals surface area contributed by atoms with Crippen LogP contribution in [0.25, 0.3) is 0 Å². The van der Waals surface area contributed by atoms with Gasteiger partial charge in [-0.05, 0) is 43.7 Å². The minimum absolute atomic E-state index is 0.00341. The Kier molecular flexibility index (Phi) is 3.29. The quantitative estimate of drug-likeness (QED) is 0.754. The summed E-state index contributed by atoms with van der Waals surface area (Å²) in [7, 11) is 0. The third-order valence-corrected chi connectivity index (χ3v) is 4.04. The van der Waals surface area contributed by atoms with Crippen LogP contribution in [0.2, 0.25) is 0 Å². The minimum Gasteiger partial charge on any atom is -0.399 e. The Labute approximate surface area is 113 Å². The van der Waals surface area contributed by atoms with Crippen molar-refractivity contribution in [2.24, 2.45) is 0 Å². The molecule has 1 atom stereocenters.